The van der Waals surface area contributed by atoms with Crippen molar-refractivity contribution in [2.45, 2.75) is 26.4 Å². The summed E-state index contributed by atoms with van der Waals surface area (Å²) in [4.78, 5) is 2.24. The molecule has 0 aromatic heterocycles. The zero-order valence-corrected chi connectivity index (χ0v) is 11.4. The maximum atomic E-state index is 12.9. The molecule has 0 saturated carbocycles. The molecule has 0 aliphatic rings. The minimum atomic E-state index is -0.294. The molecule has 17 heavy (non-hydrogen) atoms. The number of benzene rings is 1. The maximum absolute atomic E-state index is 12.9. The van der Waals surface area contributed by atoms with Crippen LogP contribution in [0.5, 0.6) is 0 Å². The van der Waals surface area contributed by atoms with Crippen molar-refractivity contribution in [2.75, 3.05) is 20.1 Å². The Balaban J connectivity index is 2.44. The van der Waals surface area contributed by atoms with Gasteiger partial charge >= 0.3 is 0 Å². The smallest absolute Gasteiger partial charge is 0.124 e. The standard InChI is InChI=1S/C13H20ClFN2/c1-4-17(3)9-10(2)16-8-11-5-6-12(15)7-13(11)14/h5-7,10,16H,4,8-9H2,1-3H3. The van der Waals surface area contributed by atoms with Crippen LogP contribution in [0.3, 0.4) is 0 Å². The summed E-state index contributed by atoms with van der Waals surface area (Å²) in [6, 6.07) is 4.88. The molecule has 0 fully saturated rings. The first-order valence-corrected chi connectivity index (χ1v) is 6.26. The monoisotopic (exact) mass is 258 g/mol. The fourth-order valence-electron chi connectivity index (χ4n) is 1.61. The van der Waals surface area contributed by atoms with E-state index in [2.05, 4.69) is 31.1 Å². The third kappa shape index (κ3) is 5.02. The first-order valence-electron chi connectivity index (χ1n) is 5.88. The Morgan fingerprint density at radius 3 is 2.76 bits per heavy atom. The van der Waals surface area contributed by atoms with Gasteiger partial charge in [-0.15, -0.1) is 0 Å². The van der Waals surface area contributed by atoms with E-state index in [1.54, 1.807) is 6.07 Å². The van der Waals surface area contributed by atoms with Crippen molar-refractivity contribution in [3.63, 3.8) is 0 Å². The highest BCUT2D eigenvalue weighted by molar-refractivity contribution is 6.31. The highest BCUT2D eigenvalue weighted by Gasteiger charge is 2.06. The number of rotatable bonds is 6. The van der Waals surface area contributed by atoms with Crippen LogP contribution in [0.4, 0.5) is 4.39 Å². The van der Waals surface area contributed by atoms with Crippen molar-refractivity contribution in [2.24, 2.45) is 0 Å². The lowest BCUT2D eigenvalue weighted by molar-refractivity contribution is 0.309. The molecule has 96 valence electrons. The summed E-state index contributed by atoms with van der Waals surface area (Å²) in [6.07, 6.45) is 0. The van der Waals surface area contributed by atoms with Gasteiger partial charge in [0.1, 0.15) is 5.82 Å². The van der Waals surface area contributed by atoms with Crippen molar-refractivity contribution in [1.29, 1.82) is 0 Å². The molecular weight excluding hydrogens is 239 g/mol. The van der Waals surface area contributed by atoms with Crippen molar-refractivity contribution >= 4 is 11.6 Å². The molecule has 4 heteroatoms. The molecule has 0 heterocycles. The van der Waals surface area contributed by atoms with E-state index in [1.165, 1.54) is 12.1 Å². The predicted molar refractivity (Wildman–Crippen MR) is 70.9 cm³/mol. The zero-order chi connectivity index (χ0) is 12.8. The molecule has 0 amide bonds. The fourth-order valence-corrected chi connectivity index (χ4v) is 1.84. The van der Waals surface area contributed by atoms with Crippen LogP contribution in [-0.2, 0) is 6.54 Å². The van der Waals surface area contributed by atoms with Crippen LogP contribution in [0.1, 0.15) is 19.4 Å². The van der Waals surface area contributed by atoms with Gasteiger partial charge in [0.2, 0.25) is 0 Å². The molecule has 0 aliphatic carbocycles. The summed E-state index contributed by atoms with van der Waals surface area (Å²) in [7, 11) is 2.09. The van der Waals surface area contributed by atoms with Gasteiger partial charge in [-0.3, -0.25) is 0 Å². The average Bonchev–Trinajstić information content (AvgIpc) is 2.27. The first-order chi connectivity index (χ1) is 8.02. The van der Waals surface area contributed by atoms with Crippen molar-refractivity contribution < 1.29 is 4.39 Å². The summed E-state index contributed by atoms with van der Waals surface area (Å²) in [6.45, 7) is 6.93. The van der Waals surface area contributed by atoms with Crippen molar-refractivity contribution in [1.82, 2.24) is 10.2 Å². The van der Waals surface area contributed by atoms with Gasteiger partial charge in [-0.2, -0.15) is 0 Å². The lowest BCUT2D eigenvalue weighted by Gasteiger charge is -2.21. The number of hydrogen-bond acceptors (Lipinski definition) is 2. The molecule has 1 atom stereocenters. The van der Waals surface area contributed by atoms with Gasteiger partial charge in [0.15, 0.2) is 0 Å². The van der Waals surface area contributed by atoms with E-state index in [9.17, 15) is 4.39 Å². The zero-order valence-electron chi connectivity index (χ0n) is 10.6. The molecule has 0 radical (unpaired) electrons. The summed E-state index contributed by atoms with van der Waals surface area (Å²) >= 11 is 5.96. The molecule has 1 aromatic carbocycles. The highest BCUT2D eigenvalue weighted by Crippen LogP contribution is 2.16. The molecule has 1 aromatic rings. The second-order valence-corrected chi connectivity index (χ2v) is 4.78. The van der Waals surface area contributed by atoms with E-state index in [-0.39, 0.29) is 5.82 Å². The van der Waals surface area contributed by atoms with Gasteiger partial charge in [-0.05, 0) is 38.2 Å². The Morgan fingerprint density at radius 1 is 1.47 bits per heavy atom. The second kappa shape index (κ2) is 6.94. The molecule has 1 rings (SSSR count). The highest BCUT2D eigenvalue weighted by atomic mass is 35.5. The third-order valence-corrected chi connectivity index (χ3v) is 3.13. The number of nitrogens with zero attached hydrogens (tertiary/aromatic N) is 1. The van der Waals surface area contributed by atoms with Crippen molar-refractivity contribution in [3.05, 3.63) is 34.6 Å². The molecule has 0 bridgehead atoms. The first kappa shape index (κ1) is 14.4. The number of halogens is 2. The molecule has 0 aliphatic heterocycles. The second-order valence-electron chi connectivity index (χ2n) is 4.37. The maximum Gasteiger partial charge on any atom is 0.124 e. The van der Waals surface area contributed by atoms with Crippen LogP contribution < -0.4 is 5.32 Å². The fraction of sp³-hybridized carbons (Fsp3) is 0.538. The van der Waals surface area contributed by atoms with Gasteiger partial charge in [0.25, 0.3) is 0 Å². The third-order valence-electron chi connectivity index (χ3n) is 2.78. The van der Waals surface area contributed by atoms with Crippen LogP contribution in [-0.4, -0.2) is 31.1 Å². The molecule has 1 N–H and O–H groups in total. The Morgan fingerprint density at radius 2 is 2.18 bits per heavy atom. The van der Waals surface area contributed by atoms with Crippen LogP contribution in [0.2, 0.25) is 5.02 Å². The van der Waals surface area contributed by atoms with Crippen LogP contribution in [0, 0.1) is 5.82 Å². The summed E-state index contributed by atoms with van der Waals surface area (Å²) in [5.41, 5.74) is 0.930. The topological polar surface area (TPSA) is 15.3 Å². The average molecular weight is 259 g/mol. The number of hydrogen-bond donors (Lipinski definition) is 1. The molecule has 1 unspecified atom stereocenters. The Kier molecular flexibility index (Phi) is 5.89. The molecule has 0 spiro atoms. The summed E-state index contributed by atoms with van der Waals surface area (Å²) in [5.74, 6) is -0.294. The van der Waals surface area contributed by atoms with Gasteiger partial charge in [-0.1, -0.05) is 24.6 Å². The predicted octanol–water partition coefficient (Wildman–Crippen LogP) is 2.91. The van der Waals surface area contributed by atoms with E-state index < -0.39 is 0 Å². The number of likely N-dealkylation sites (N-methyl/N-ethyl adjacent to an activating group) is 1. The minimum Gasteiger partial charge on any atom is -0.309 e. The van der Waals surface area contributed by atoms with Gasteiger partial charge in [-0.25, -0.2) is 4.39 Å². The van der Waals surface area contributed by atoms with Gasteiger partial charge in [0, 0.05) is 24.2 Å². The molecular formula is C13H20ClFN2. The molecule has 0 saturated heterocycles. The number of nitrogens with one attached hydrogen (secondary N) is 1. The van der Waals surface area contributed by atoms with E-state index >= 15 is 0 Å². The van der Waals surface area contributed by atoms with Crippen LogP contribution in [0.15, 0.2) is 18.2 Å². The summed E-state index contributed by atoms with van der Waals surface area (Å²) in [5, 5.41) is 3.86. The van der Waals surface area contributed by atoms with E-state index in [4.69, 9.17) is 11.6 Å². The van der Waals surface area contributed by atoms with Crippen LogP contribution in [0.25, 0.3) is 0 Å². The van der Waals surface area contributed by atoms with Crippen LogP contribution >= 0.6 is 11.6 Å². The molecule has 2 nitrogen and oxygen atoms in total. The lowest BCUT2D eigenvalue weighted by atomic mass is 10.2. The summed E-state index contributed by atoms with van der Waals surface area (Å²) < 4.78 is 12.9. The van der Waals surface area contributed by atoms with E-state index in [0.717, 1.165) is 18.7 Å². The van der Waals surface area contributed by atoms with Crippen molar-refractivity contribution in [3.8, 4) is 0 Å². The SMILES string of the molecule is CCN(C)CC(C)NCc1ccc(F)cc1Cl. The normalized spacial score (nSPS) is 13.1. The minimum absolute atomic E-state index is 0.294. The Bertz CT molecular complexity index is 357. The largest absolute Gasteiger partial charge is 0.309 e. The van der Waals surface area contributed by atoms with E-state index in [0.29, 0.717) is 17.6 Å². The quantitative estimate of drug-likeness (QED) is 0.844. The van der Waals surface area contributed by atoms with E-state index in [1.807, 2.05) is 0 Å². The lowest BCUT2D eigenvalue weighted by Crippen LogP contribution is -2.36. The Labute approximate surface area is 108 Å². The van der Waals surface area contributed by atoms with Gasteiger partial charge < -0.3 is 10.2 Å². The Hall–Kier alpha value is -0.640. The van der Waals surface area contributed by atoms with Gasteiger partial charge in [0.05, 0.1) is 0 Å².